The zero-order valence-corrected chi connectivity index (χ0v) is 19.9. The van der Waals surface area contributed by atoms with Gasteiger partial charge < -0.3 is 14.6 Å². The fraction of sp³-hybridized carbons (Fsp3) is 0.286. The summed E-state index contributed by atoms with van der Waals surface area (Å²) in [7, 11) is 1.22. The Morgan fingerprint density at radius 1 is 0.735 bits per heavy atom. The van der Waals surface area contributed by atoms with E-state index in [1.54, 1.807) is 20.8 Å². The first-order valence-corrected chi connectivity index (χ1v) is 11.1. The van der Waals surface area contributed by atoms with Crippen LogP contribution in [0.2, 0.25) is 0 Å². The lowest BCUT2D eigenvalue weighted by molar-refractivity contribution is -0.171. The minimum Gasteiger partial charge on any atom is -0.468 e. The minimum absolute atomic E-state index is 0.787. The van der Waals surface area contributed by atoms with Crippen molar-refractivity contribution in [2.24, 2.45) is 0 Å². The van der Waals surface area contributed by atoms with Gasteiger partial charge >= 0.3 is 11.9 Å². The maximum Gasteiger partial charge on any atom is 0.337 e. The van der Waals surface area contributed by atoms with Crippen molar-refractivity contribution in [2.45, 2.75) is 44.1 Å². The molecule has 6 nitrogen and oxygen atoms in total. The van der Waals surface area contributed by atoms with E-state index in [0.717, 1.165) is 16.7 Å². The third-order valence-electron chi connectivity index (χ3n) is 5.41. The zero-order valence-electron chi connectivity index (χ0n) is 19.9. The number of aliphatic hydroxyl groups is 1. The lowest BCUT2D eigenvalue weighted by atomic mass is 9.76. The van der Waals surface area contributed by atoms with E-state index in [-0.39, 0.29) is 0 Å². The van der Waals surface area contributed by atoms with Crippen molar-refractivity contribution in [2.75, 3.05) is 7.11 Å². The third kappa shape index (κ3) is 5.53. The fourth-order valence-electron chi connectivity index (χ4n) is 3.94. The van der Waals surface area contributed by atoms with Gasteiger partial charge in [0.25, 0.3) is 0 Å². The topological polar surface area (TPSA) is 84.9 Å². The number of aliphatic hydroxyl groups excluding tert-OH is 1. The highest BCUT2D eigenvalue weighted by atomic mass is 16.6. The second-order valence-corrected chi connectivity index (χ2v) is 8.97. The number of methoxy groups -OCH3 is 1. The van der Waals surface area contributed by atoms with Crippen LogP contribution in [0.3, 0.4) is 0 Å². The van der Waals surface area contributed by atoms with Gasteiger partial charge in [-0.15, -0.1) is 0 Å². The lowest BCUT2D eigenvalue weighted by Gasteiger charge is -2.40. The van der Waals surface area contributed by atoms with Crippen LogP contribution in [-0.2, 0) is 24.6 Å². The van der Waals surface area contributed by atoms with E-state index in [9.17, 15) is 14.7 Å². The van der Waals surface area contributed by atoms with Crippen molar-refractivity contribution < 1.29 is 24.2 Å². The van der Waals surface area contributed by atoms with E-state index in [2.05, 4.69) is 5.32 Å². The predicted molar refractivity (Wildman–Crippen MR) is 130 cm³/mol. The number of carbonyl (C=O) groups excluding carboxylic acids is 2. The number of ether oxygens (including phenoxy) is 2. The highest BCUT2D eigenvalue weighted by Gasteiger charge is 2.45. The molecule has 2 N–H and O–H groups in total. The standard InChI is InChI=1S/C28H31NO5/c1-27(2,3)34-26(32)24(30)23(25(31)33-4)29-28(20-14-8-5-9-15-20,21-16-10-6-11-17-21)22-18-12-7-13-19-22/h5-19,23-24,29-30H,1-4H3/t23-,24?/m0/s1. The number of hydrogen-bond donors (Lipinski definition) is 2. The molecule has 0 heterocycles. The van der Waals surface area contributed by atoms with Gasteiger partial charge in [-0.2, -0.15) is 0 Å². The van der Waals surface area contributed by atoms with Crippen molar-refractivity contribution in [1.29, 1.82) is 0 Å². The Morgan fingerprint density at radius 2 is 1.12 bits per heavy atom. The predicted octanol–water partition coefficient (Wildman–Crippen LogP) is 3.81. The second-order valence-electron chi connectivity index (χ2n) is 8.97. The molecule has 0 aliphatic rings. The molecule has 0 saturated heterocycles. The van der Waals surface area contributed by atoms with E-state index in [1.807, 2.05) is 91.0 Å². The summed E-state index contributed by atoms with van der Waals surface area (Å²) in [6, 6.07) is 27.3. The summed E-state index contributed by atoms with van der Waals surface area (Å²) in [4.78, 5) is 25.7. The molecule has 0 bridgehead atoms. The van der Waals surface area contributed by atoms with Gasteiger partial charge in [0.05, 0.1) is 12.6 Å². The van der Waals surface area contributed by atoms with Gasteiger partial charge in [-0.1, -0.05) is 91.0 Å². The summed E-state index contributed by atoms with van der Waals surface area (Å²) in [5, 5.41) is 14.3. The first kappa shape index (κ1) is 25.1. The summed E-state index contributed by atoms with van der Waals surface area (Å²) in [6.07, 6.45) is -1.80. The van der Waals surface area contributed by atoms with E-state index in [4.69, 9.17) is 9.47 Å². The quantitative estimate of drug-likeness (QED) is 0.392. The van der Waals surface area contributed by atoms with Crippen LogP contribution in [0.15, 0.2) is 91.0 Å². The van der Waals surface area contributed by atoms with Crippen molar-refractivity contribution in [3.05, 3.63) is 108 Å². The summed E-state index contributed by atoms with van der Waals surface area (Å²) in [5.74, 6) is -1.70. The molecule has 0 aliphatic carbocycles. The Morgan fingerprint density at radius 3 is 1.44 bits per heavy atom. The molecule has 0 aromatic heterocycles. The Labute approximate surface area is 200 Å². The Kier molecular flexibility index (Phi) is 7.87. The molecule has 1 unspecified atom stereocenters. The molecule has 0 spiro atoms. The molecule has 3 aromatic rings. The van der Waals surface area contributed by atoms with Crippen LogP contribution >= 0.6 is 0 Å². The summed E-state index contributed by atoms with van der Waals surface area (Å²) < 4.78 is 10.4. The molecular weight excluding hydrogens is 430 g/mol. The number of benzene rings is 3. The van der Waals surface area contributed by atoms with Crippen LogP contribution in [-0.4, -0.2) is 41.9 Å². The van der Waals surface area contributed by atoms with Crippen molar-refractivity contribution in [3.8, 4) is 0 Å². The zero-order chi connectivity index (χ0) is 24.8. The number of esters is 2. The van der Waals surface area contributed by atoms with E-state index < -0.39 is 35.2 Å². The van der Waals surface area contributed by atoms with E-state index in [0.29, 0.717) is 0 Å². The van der Waals surface area contributed by atoms with Gasteiger partial charge in [0.1, 0.15) is 11.6 Å². The summed E-state index contributed by atoms with van der Waals surface area (Å²) in [6.45, 7) is 5.08. The van der Waals surface area contributed by atoms with Crippen LogP contribution in [0.5, 0.6) is 0 Å². The van der Waals surface area contributed by atoms with Gasteiger partial charge in [-0.3, -0.25) is 10.1 Å². The van der Waals surface area contributed by atoms with E-state index >= 15 is 0 Å². The normalized spacial score (nSPS) is 13.6. The maximum absolute atomic E-state index is 12.9. The molecular formula is C28H31NO5. The Balaban J connectivity index is 2.22. The van der Waals surface area contributed by atoms with Gasteiger partial charge in [0.15, 0.2) is 6.10 Å². The fourth-order valence-corrected chi connectivity index (χ4v) is 3.94. The molecule has 6 heteroatoms. The smallest absolute Gasteiger partial charge is 0.337 e. The second kappa shape index (κ2) is 10.6. The van der Waals surface area contributed by atoms with Crippen LogP contribution < -0.4 is 5.32 Å². The molecule has 0 radical (unpaired) electrons. The Bertz CT molecular complexity index is 981. The van der Waals surface area contributed by atoms with Gasteiger partial charge in [0.2, 0.25) is 0 Å². The molecule has 34 heavy (non-hydrogen) atoms. The minimum atomic E-state index is -1.80. The van der Waals surface area contributed by atoms with Crippen molar-refractivity contribution in [1.82, 2.24) is 5.32 Å². The van der Waals surface area contributed by atoms with Crippen LogP contribution in [0.25, 0.3) is 0 Å². The number of nitrogens with one attached hydrogen (secondary N) is 1. The Hall–Kier alpha value is -3.48. The molecule has 0 aliphatic heterocycles. The molecule has 0 amide bonds. The first-order chi connectivity index (χ1) is 16.2. The van der Waals surface area contributed by atoms with Gasteiger partial charge in [0, 0.05) is 0 Å². The van der Waals surface area contributed by atoms with Crippen LogP contribution in [0.4, 0.5) is 0 Å². The van der Waals surface area contributed by atoms with Crippen molar-refractivity contribution >= 4 is 11.9 Å². The van der Waals surface area contributed by atoms with Crippen LogP contribution in [0, 0.1) is 0 Å². The molecule has 2 atom stereocenters. The molecule has 3 aromatic carbocycles. The van der Waals surface area contributed by atoms with Gasteiger partial charge in [-0.25, -0.2) is 4.79 Å². The molecule has 3 rings (SSSR count). The molecule has 178 valence electrons. The first-order valence-electron chi connectivity index (χ1n) is 11.1. The lowest BCUT2D eigenvalue weighted by Crippen LogP contribution is -2.59. The van der Waals surface area contributed by atoms with E-state index in [1.165, 1.54) is 7.11 Å². The van der Waals surface area contributed by atoms with Gasteiger partial charge in [-0.05, 0) is 37.5 Å². The summed E-state index contributed by atoms with van der Waals surface area (Å²) in [5.41, 5.74) is 0.521. The number of hydrogen-bond acceptors (Lipinski definition) is 6. The maximum atomic E-state index is 12.9. The van der Waals surface area contributed by atoms with Crippen molar-refractivity contribution in [3.63, 3.8) is 0 Å². The highest BCUT2D eigenvalue weighted by Crippen LogP contribution is 2.37. The van der Waals surface area contributed by atoms with Crippen LogP contribution in [0.1, 0.15) is 37.5 Å². The largest absolute Gasteiger partial charge is 0.468 e. The monoisotopic (exact) mass is 461 g/mol. The highest BCUT2D eigenvalue weighted by molar-refractivity contribution is 5.86. The summed E-state index contributed by atoms with van der Waals surface area (Å²) >= 11 is 0. The number of rotatable bonds is 8. The third-order valence-corrected chi connectivity index (χ3v) is 5.41. The SMILES string of the molecule is COC(=O)[C@@H](NC(c1ccccc1)(c1ccccc1)c1ccccc1)C(O)C(=O)OC(C)(C)C. The average molecular weight is 462 g/mol. The molecule has 0 fully saturated rings. The number of carbonyl (C=O) groups is 2. The molecule has 0 saturated carbocycles. The average Bonchev–Trinajstić information content (AvgIpc) is 2.85.